The molecule has 6 nitrogen and oxygen atoms in total. The molecule has 4 aromatic rings. The number of aromatic nitrogens is 4. The van der Waals surface area contributed by atoms with Crippen LogP contribution in [0.1, 0.15) is 21.7 Å². The lowest BCUT2D eigenvalue weighted by Gasteiger charge is -2.08. The van der Waals surface area contributed by atoms with Gasteiger partial charge in [-0.15, -0.1) is 0 Å². The van der Waals surface area contributed by atoms with Crippen LogP contribution in [0.25, 0.3) is 22.2 Å². The summed E-state index contributed by atoms with van der Waals surface area (Å²) >= 11 is 6.02. The van der Waals surface area contributed by atoms with Crippen molar-refractivity contribution in [2.24, 2.45) is 7.05 Å². The van der Waals surface area contributed by atoms with Crippen LogP contribution < -0.4 is 5.32 Å². The monoisotopic (exact) mass is 381 g/mol. The van der Waals surface area contributed by atoms with Gasteiger partial charge >= 0.3 is 0 Å². The lowest BCUT2D eigenvalue weighted by molar-refractivity contribution is 0.102. The number of carbonyl (C=O) groups excluding carboxylic acids is 1. The molecule has 2 aromatic carbocycles. The summed E-state index contributed by atoms with van der Waals surface area (Å²) in [7, 11) is 1.92. The maximum absolute atomic E-state index is 12.7. The lowest BCUT2D eigenvalue weighted by atomic mass is 10.1. The number of aryl methyl sites for hydroxylation is 1. The van der Waals surface area contributed by atoms with E-state index in [0.717, 1.165) is 22.5 Å². The molecule has 1 amide bonds. The molecule has 0 fully saturated rings. The number of rotatable bonds is 3. The second-order valence-corrected chi connectivity index (χ2v) is 6.24. The SMILES string of the molecule is [2H]c1c([2H])c([2H])c(C(=O)Nc2ncc3ccc(-c4cnc(C)n4C)cc3n2)c(Cl)c1[2H]. The Hall–Kier alpha value is -3.25. The van der Waals surface area contributed by atoms with Gasteiger partial charge in [0.15, 0.2) is 0 Å². The molecular formula is C20H16ClN5O. The van der Waals surface area contributed by atoms with E-state index in [1.54, 1.807) is 12.4 Å². The summed E-state index contributed by atoms with van der Waals surface area (Å²) in [6.45, 7) is 1.91. The van der Waals surface area contributed by atoms with Gasteiger partial charge in [-0.3, -0.25) is 10.1 Å². The van der Waals surface area contributed by atoms with E-state index in [2.05, 4.69) is 20.3 Å². The van der Waals surface area contributed by atoms with Crippen molar-refractivity contribution < 1.29 is 10.3 Å². The van der Waals surface area contributed by atoms with Crippen LogP contribution in [0.15, 0.2) is 54.8 Å². The summed E-state index contributed by atoms with van der Waals surface area (Å²) in [6, 6.07) is 3.58. The Morgan fingerprint density at radius 3 is 2.81 bits per heavy atom. The maximum Gasteiger partial charge on any atom is 0.259 e. The smallest absolute Gasteiger partial charge is 0.259 e. The third kappa shape index (κ3) is 3.27. The first-order chi connectivity index (χ1) is 14.7. The highest BCUT2D eigenvalue weighted by molar-refractivity contribution is 6.34. The third-order valence-corrected chi connectivity index (χ3v) is 4.48. The Morgan fingerprint density at radius 1 is 1.22 bits per heavy atom. The average molecular weight is 382 g/mol. The van der Waals surface area contributed by atoms with Gasteiger partial charge in [-0.25, -0.2) is 15.0 Å². The summed E-state index contributed by atoms with van der Waals surface area (Å²) in [5, 5.41) is 2.87. The molecule has 0 bridgehead atoms. The topological polar surface area (TPSA) is 72.7 Å². The van der Waals surface area contributed by atoms with Crippen LogP contribution in [0.4, 0.5) is 5.95 Å². The number of hydrogen-bond donors (Lipinski definition) is 1. The third-order valence-electron chi connectivity index (χ3n) is 4.19. The molecule has 0 spiro atoms. The van der Waals surface area contributed by atoms with E-state index >= 15 is 0 Å². The van der Waals surface area contributed by atoms with Crippen LogP contribution in [0.3, 0.4) is 0 Å². The number of anilines is 1. The zero-order valence-electron chi connectivity index (χ0n) is 18.5. The Kier molecular flexibility index (Phi) is 3.28. The highest BCUT2D eigenvalue weighted by atomic mass is 35.5. The summed E-state index contributed by atoms with van der Waals surface area (Å²) < 4.78 is 33.1. The fraction of sp³-hybridized carbons (Fsp3) is 0.100. The standard InChI is InChI=1S/C20H16ClN5O/c1-12-22-11-18(26(12)2)13-7-8-14-10-23-20(24-17(14)9-13)25-19(27)15-5-3-4-6-16(15)21/h3-11H,1-2H3,(H,23,24,25,27)/i3D,4D,5D,6D. The van der Waals surface area contributed by atoms with Gasteiger partial charge in [0.1, 0.15) is 5.82 Å². The van der Waals surface area contributed by atoms with Crippen molar-refractivity contribution in [3.63, 3.8) is 0 Å². The van der Waals surface area contributed by atoms with Crippen LogP contribution in [0.2, 0.25) is 5.02 Å². The highest BCUT2D eigenvalue weighted by Crippen LogP contribution is 2.24. The fourth-order valence-corrected chi connectivity index (χ4v) is 2.81. The number of fused-ring (bicyclic) bond motifs is 1. The van der Waals surface area contributed by atoms with Crippen molar-refractivity contribution in [2.45, 2.75) is 6.92 Å². The second-order valence-electron chi connectivity index (χ2n) is 5.86. The molecule has 2 heterocycles. The van der Waals surface area contributed by atoms with E-state index in [0.29, 0.717) is 5.52 Å². The molecular weight excluding hydrogens is 362 g/mol. The predicted octanol–water partition coefficient (Wildman–Crippen LogP) is 4.24. The number of nitrogens with zero attached hydrogens (tertiary/aromatic N) is 4. The average Bonchev–Trinajstić information content (AvgIpc) is 3.09. The van der Waals surface area contributed by atoms with Crippen molar-refractivity contribution in [3.8, 4) is 11.3 Å². The first-order valence-electron chi connectivity index (χ1n) is 10.0. The van der Waals surface area contributed by atoms with Crippen molar-refractivity contribution in [2.75, 3.05) is 5.32 Å². The van der Waals surface area contributed by atoms with Gasteiger partial charge in [-0.05, 0) is 25.1 Å². The summed E-state index contributed by atoms with van der Waals surface area (Å²) in [5.74, 6) is 0.0316. The minimum absolute atomic E-state index is 0.0145. The first kappa shape index (κ1) is 13.0. The molecule has 27 heavy (non-hydrogen) atoms. The van der Waals surface area contributed by atoms with Crippen LogP contribution in [0, 0.1) is 6.92 Å². The van der Waals surface area contributed by atoms with Gasteiger partial charge in [0.25, 0.3) is 5.91 Å². The number of carbonyl (C=O) groups is 1. The van der Waals surface area contributed by atoms with Gasteiger partial charge in [0.05, 0.1) is 33.5 Å². The summed E-state index contributed by atoms with van der Waals surface area (Å²) in [6.07, 6.45) is 3.32. The number of benzene rings is 2. The summed E-state index contributed by atoms with van der Waals surface area (Å²) in [4.78, 5) is 25.5. The molecule has 0 unspecified atom stereocenters. The minimum Gasteiger partial charge on any atom is -0.331 e. The molecule has 0 saturated carbocycles. The molecule has 0 aliphatic heterocycles. The van der Waals surface area contributed by atoms with Crippen molar-refractivity contribution in [1.82, 2.24) is 19.5 Å². The molecule has 7 heteroatoms. The van der Waals surface area contributed by atoms with Crippen molar-refractivity contribution in [3.05, 3.63) is 71.2 Å². The van der Waals surface area contributed by atoms with E-state index in [-0.39, 0.29) is 16.5 Å². The molecule has 0 radical (unpaired) electrons. The number of nitrogens with one attached hydrogen (secondary N) is 1. The minimum atomic E-state index is -0.824. The van der Waals surface area contributed by atoms with Crippen LogP contribution in [-0.4, -0.2) is 25.4 Å². The Labute approximate surface area is 166 Å². The van der Waals surface area contributed by atoms with E-state index in [9.17, 15) is 4.79 Å². The zero-order chi connectivity index (χ0) is 22.4. The zero-order valence-corrected chi connectivity index (χ0v) is 15.2. The largest absolute Gasteiger partial charge is 0.331 e. The molecule has 2 aromatic heterocycles. The van der Waals surface area contributed by atoms with Crippen molar-refractivity contribution >= 4 is 34.4 Å². The molecule has 0 atom stereocenters. The second kappa shape index (κ2) is 6.81. The first-order valence-corrected chi connectivity index (χ1v) is 8.39. The maximum atomic E-state index is 12.7. The number of hydrogen-bond acceptors (Lipinski definition) is 4. The van der Waals surface area contributed by atoms with E-state index in [1.165, 1.54) is 0 Å². The summed E-state index contributed by atoms with van der Waals surface area (Å²) in [5.41, 5.74) is 2.03. The Morgan fingerprint density at radius 2 is 2.04 bits per heavy atom. The molecule has 4 rings (SSSR count). The quantitative estimate of drug-likeness (QED) is 0.576. The number of imidazole rings is 1. The van der Waals surface area contributed by atoms with E-state index in [1.807, 2.05) is 36.7 Å². The predicted molar refractivity (Wildman–Crippen MR) is 106 cm³/mol. The highest BCUT2D eigenvalue weighted by Gasteiger charge is 2.12. The molecule has 1 N–H and O–H groups in total. The molecule has 134 valence electrons. The van der Waals surface area contributed by atoms with E-state index < -0.39 is 30.1 Å². The van der Waals surface area contributed by atoms with Gasteiger partial charge in [-0.1, -0.05) is 35.8 Å². The number of halogens is 1. The fourth-order valence-electron chi connectivity index (χ4n) is 2.63. The van der Waals surface area contributed by atoms with Gasteiger partial charge in [0.2, 0.25) is 5.95 Å². The Balaban J connectivity index is 1.71. The van der Waals surface area contributed by atoms with Crippen LogP contribution in [0.5, 0.6) is 0 Å². The van der Waals surface area contributed by atoms with Crippen LogP contribution in [-0.2, 0) is 7.05 Å². The van der Waals surface area contributed by atoms with Gasteiger partial charge in [-0.2, -0.15) is 0 Å². The van der Waals surface area contributed by atoms with Crippen molar-refractivity contribution in [1.29, 1.82) is 0 Å². The molecule has 0 aliphatic rings. The number of amides is 1. The van der Waals surface area contributed by atoms with Gasteiger partial charge < -0.3 is 4.57 Å². The molecule has 0 aliphatic carbocycles. The lowest BCUT2D eigenvalue weighted by Crippen LogP contribution is -2.14. The normalized spacial score (nSPS) is 13.0. The van der Waals surface area contributed by atoms with Gasteiger partial charge in [0, 0.05) is 24.2 Å². The molecule has 0 saturated heterocycles. The van der Waals surface area contributed by atoms with E-state index in [4.69, 9.17) is 17.1 Å². The Bertz CT molecular complexity index is 1340. The van der Waals surface area contributed by atoms with Crippen LogP contribution >= 0.6 is 11.6 Å².